The van der Waals surface area contributed by atoms with E-state index in [1.54, 1.807) is 48.5 Å². The predicted molar refractivity (Wildman–Crippen MR) is 75.6 cm³/mol. The number of hydrogen-bond acceptors (Lipinski definition) is 5. The van der Waals surface area contributed by atoms with E-state index in [1.807, 2.05) is 0 Å². The van der Waals surface area contributed by atoms with Crippen molar-refractivity contribution >= 4 is 17.6 Å². The third kappa shape index (κ3) is 3.06. The molecule has 104 valence electrons. The Morgan fingerprint density at radius 1 is 1.05 bits per heavy atom. The minimum atomic E-state index is -0.443. The molecule has 0 aliphatic heterocycles. The fourth-order valence-corrected chi connectivity index (χ4v) is 1.82. The second kappa shape index (κ2) is 5.72. The van der Waals surface area contributed by atoms with E-state index < -0.39 is 5.97 Å². The van der Waals surface area contributed by atoms with Crippen LogP contribution in [0.5, 0.6) is 5.75 Å². The third-order valence-electron chi connectivity index (χ3n) is 2.74. The Morgan fingerprint density at radius 2 is 1.76 bits per heavy atom. The molecule has 0 radical (unpaired) electrons. The van der Waals surface area contributed by atoms with Crippen molar-refractivity contribution in [3.05, 3.63) is 65.4 Å². The van der Waals surface area contributed by atoms with Gasteiger partial charge in [0, 0.05) is 5.02 Å². The molecule has 0 fully saturated rings. The third-order valence-corrected chi connectivity index (χ3v) is 2.99. The number of hydrogen-bond donors (Lipinski definition) is 0. The molecule has 0 atom stereocenters. The highest BCUT2D eigenvalue weighted by molar-refractivity contribution is 6.30. The van der Waals surface area contributed by atoms with Gasteiger partial charge in [-0.2, -0.15) is 0 Å². The number of ether oxygens (including phenoxy) is 1. The fraction of sp³-hybridized carbons (Fsp3) is 0. The lowest BCUT2D eigenvalue weighted by atomic mass is 10.2. The summed E-state index contributed by atoms with van der Waals surface area (Å²) in [5.41, 5.74) is 1.20. The summed E-state index contributed by atoms with van der Waals surface area (Å²) < 4.78 is 6.77. The highest BCUT2D eigenvalue weighted by atomic mass is 35.5. The normalized spacial score (nSPS) is 10.3. The van der Waals surface area contributed by atoms with Crippen LogP contribution in [0.3, 0.4) is 0 Å². The van der Waals surface area contributed by atoms with E-state index in [-0.39, 0.29) is 0 Å². The molecule has 0 aliphatic rings. The van der Waals surface area contributed by atoms with Gasteiger partial charge in [-0.3, -0.25) is 0 Å². The van der Waals surface area contributed by atoms with E-state index >= 15 is 0 Å². The molecule has 0 N–H and O–H groups in total. The van der Waals surface area contributed by atoms with Crippen LogP contribution in [0.4, 0.5) is 0 Å². The first-order valence-corrected chi connectivity index (χ1v) is 6.41. The van der Waals surface area contributed by atoms with E-state index in [0.29, 0.717) is 16.3 Å². The highest BCUT2D eigenvalue weighted by Crippen LogP contribution is 2.17. The lowest BCUT2D eigenvalue weighted by Gasteiger charge is -2.05. The maximum Gasteiger partial charge on any atom is 0.343 e. The SMILES string of the molecule is O=C(Oc1ccc(-n2cnnn2)cc1)c1ccc(Cl)cc1. The number of nitrogens with zero attached hydrogens (tertiary/aromatic N) is 4. The average molecular weight is 301 g/mol. The van der Waals surface area contributed by atoms with Gasteiger partial charge in [-0.25, -0.2) is 9.48 Å². The smallest absolute Gasteiger partial charge is 0.343 e. The van der Waals surface area contributed by atoms with E-state index in [0.717, 1.165) is 5.69 Å². The molecule has 0 spiro atoms. The number of aromatic nitrogens is 4. The minimum Gasteiger partial charge on any atom is -0.423 e. The summed E-state index contributed by atoms with van der Waals surface area (Å²) in [6, 6.07) is 13.3. The zero-order valence-corrected chi connectivity index (χ0v) is 11.4. The van der Waals surface area contributed by atoms with Crippen molar-refractivity contribution in [3.8, 4) is 11.4 Å². The lowest BCUT2D eigenvalue weighted by molar-refractivity contribution is 0.0735. The molecule has 0 amide bonds. The van der Waals surface area contributed by atoms with Crippen molar-refractivity contribution in [2.24, 2.45) is 0 Å². The van der Waals surface area contributed by atoms with Gasteiger partial charge >= 0.3 is 5.97 Å². The van der Waals surface area contributed by atoms with Crippen LogP contribution in [-0.4, -0.2) is 26.2 Å². The summed E-state index contributed by atoms with van der Waals surface area (Å²) >= 11 is 5.77. The maximum atomic E-state index is 11.9. The molecule has 21 heavy (non-hydrogen) atoms. The van der Waals surface area contributed by atoms with Crippen molar-refractivity contribution in [3.63, 3.8) is 0 Å². The van der Waals surface area contributed by atoms with Crippen LogP contribution in [0.25, 0.3) is 5.69 Å². The Balaban J connectivity index is 1.73. The summed E-state index contributed by atoms with van der Waals surface area (Å²) in [7, 11) is 0. The number of carbonyl (C=O) groups is 1. The van der Waals surface area contributed by atoms with Gasteiger partial charge in [0.25, 0.3) is 0 Å². The molecule has 0 saturated carbocycles. The van der Waals surface area contributed by atoms with Crippen molar-refractivity contribution in [2.75, 3.05) is 0 Å². The van der Waals surface area contributed by atoms with Crippen LogP contribution in [0, 0.1) is 0 Å². The van der Waals surface area contributed by atoms with Gasteiger partial charge in [0.15, 0.2) is 0 Å². The number of halogens is 1. The van der Waals surface area contributed by atoms with Crippen molar-refractivity contribution in [1.82, 2.24) is 20.2 Å². The zero-order chi connectivity index (χ0) is 14.7. The first-order valence-electron chi connectivity index (χ1n) is 6.03. The number of benzene rings is 2. The number of esters is 1. The van der Waals surface area contributed by atoms with Crippen molar-refractivity contribution < 1.29 is 9.53 Å². The second-order valence-corrected chi connectivity index (χ2v) is 4.58. The molecule has 3 aromatic rings. The summed E-state index contributed by atoms with van der Waals surface area (Å²) in [6.45, 7) is 0. The van der Waals surface area contributed by atoms with E-state index in [9.17, 15) is 4.79 Å². The molecule has 1 aromatic heterocycles. The summed E-state index contributed by atoms with van der Waals surface area (Å²) in [4.78, 5) is 11.9. The van der Waals surface area contributed by atoms with Gasteiger partial charge in [0.05, 0.1) is 11.3 Å². The molecular weight excluding hydrogens is 292 g/mol. The van der Waals surface area contributed by atoms with E-state index in [1.165, 1.54) is 11.0 Å². The van der Waals surface area contributed by atoms with Crippen LogP contribution < -0.4 is 4.74 Å². The number of carbonyl (C=O) groups excluding carboxylic acids is 1. The van der Waals surface area contributed by atoms with Gasteiger partial charge in [0.1, 0.15) is 12.1 Å². The van der Waals surface area contributed by atoms with Crippen LogP contribution in [-0.2, 0) is 0 Å². The number of rotatable bonds is 3. The average Bonchev–Trinajstić information content (AvgIpc) is 3.03. The molecule has 3 rings (SSSR count). The van der Waals surface area contributed by atoms with E-state index in [4.69, 9.17) is 16.3 Å². The molecule has 2 aromatic carbocycles. The van der Waals surface area contributed by atoms with Crippen molar-refractivity contribution in [2.45, 2.75) is 0 Å². The molecule has 7 heteroatoms. The summed E-state index contributed by atoms with van der Waals surface area (Å²) in [5, 5.41) is 11.4. The van der Waals surface area contributed by atoms with Gasteiger partial charge in [-0.15, -0.1) is 5.10 Å². The van der Waals surface area contributed by atoms with Crippen LogP contribution in [0.1, 0.15) is 10.4 Å². The highest BCUT2D eigenvalue weighted by Gasteiger charge is 2.08. The Bertz CT molecular complexity index is 740. The molecular formula is C14H9ClN4O2. The van der Waals surface area contributed by atoms with Gasteiger partial charge in [0.2, 0.25) is 0 Å². The Hall–Kier alpha value is -2.73. The minimum absolute atomic E-state index is 0.434. The monoisotopic (exact) mass is 300 g/mol. The van der Waals surface area contributed by atoms with Crippen LogP contribution in [0.15, 0.2) is 54.9 Å². The lowest BCUT2D eigenvalue weighted by Crippen LogP contribution is -2.08. The van der Waals surface area contributed by atoms with Crippen LogP contribution in [0.2, 0.25) is 5.02 Å². The molecule has 0 aliphatic carbocycles. The van der Waals surface area contributed by atoms with Gasteiger partial charge in [-0.1, -0.05) is 11.6 Å². The first-order chi connectivity index (χ1) is 10.2. The molecule has 0 bridgehead atoms. The van der Waals surface area contributed by atoms with Crippen molar-refractivity contribution in [1.29, 1.82) is 0 Å². The largest absolute Gasteiger partial charge is 0.423 e. The number of tetrazole rings is 1. The fourth-order valence-electron chi connectivity index (χ4n) is 1.70. The Kier molecular flexibility index (Phi) is 3.61. The standard InChI is InChI=1S/C14H9ClN4O2/c15-11-3-1-10(2-4-11)14(20)21-13-7-5-12(6-8-13)19-9-16-17-18-19/h1-9H. The van der Waals surface area contributed by atoms with E-state index in [2.05, 4.69) is 15.5 Å². The second-order valence-electron chi connectivity index (χ2n) is 4.14. The zero-order valence-electron chi connectivity index (χ0n) is 10.7. The molecule has 0 unspecified atom stereocenters. The first kappa shape index (κ1) is 13.3. The Labute approximate surface area is 124 Å². The molecule has 0 saturated heterocycles. The summed E-state index contributed by atoms with van der Waals surface area (Å²) in [5.74, 6) is -0.00591. The molecule has 6 nitrogen and oxygen atoms in total. The van der Waals surface area contributed by atoms with Gasteiger partial charge < -0.3 is 4.74 Å². The summed E-state index contributed by atoms with van der Waals surface area (Å²) in [6.07, 6.45) is 1.48. The predicted octanol–water partition coefficient (Wildman–Crippen LogP) is 2.53. The molecule has 1 heterocycles. The quantitative estimate of drug-likeness (QED) is 0.549. The Morgan fingerprint density at radius 3 is 2.38 bits per heavy atom. The van der Waals surface area contributed by atoms with Crippen LogP contribution >= 0.6 is 11.6 Å². The topological polar surface area (TPSA) is 69.9 Å². The maximum absolute atomic E-state index is 11.9. The van der Waals surface area contributed by atoms with Gasteiger partial charge in [-0.05, 0) is 59.0 Å².